The lowest BCUT2D eigenvalue weighted by atomic mass is 10.1. The molecule has 0 atom stereocenters. The van der Waals surface area contributed by atoms with Gasteiger partial charge in [-0.1, -0.05) is 29.8 Å². The quantitative estimate of drug-likeness (QED) is 0.596. The number of hydrogen-bond donors (Lipinski definition) is 1. The van der Waals surface area contributed by atoms with Gasteiger partial charge in [0.1, 0.15) is 5.82 Å². The van der Waals surface area contributed by atoms with Crippen LogP contribution in [0.1, 0.15) is 15.9 Å². The summed E-state index contributed by atoms with van der Waals surface area (Å²) in [5.41, 5.74) is 1.74. The SMILES string of the molecule is O=C1Nc2cc(C(=O)N3CCN(c4ccccn4)CC3)ccc2O/C1=C\c1cccc(Cl)c1. The molecular formula is C25H21ClN4O3. The van der Waals surface area contributed by atoms with E-state index in [1.165, 1.54) is 0 Å². The molecule has 0 unspecified atom stereocenters. The Morgan fingerprint density at radius 3 is 2.64 bits per heavy atom. The van der Waals surface area contributed by atoms with E-state index in [4.69, 9.17) is 16.3 Å². The van der Waals surface area contributed by atoms with Crippen molar-refractivity contribution < 1.29 is 14.3 Å². The van der Waals surface area contributed by atoms with Gasteiger partial charge in [-0.05, 0) is 54.1 Å². The highest BCUT2D eigenvalue weighted by molar-refractivity contribution is 6.30. The highest BCUT2D eigenvalue weighted by Gasteiger charge is 2.26. The second-order valence-corrected chi connectivity index (χ2v) is 8.23. The first kappa shape index (κ1) is 21.0. The van der Waals surface area contributed by atoms with Gasteiger partial charge in [0.15, 0.2) is 11.5 Å². The van der Waals surface area contributed by atoms with Crippen molar-refractivity contribution >= 4 is 41.0 Å². The van der Waals surface area contributed by atoms with Crippen molar-refractivity contribution in [1.29, 1.82) is 0 Å². The molecule has 0 saturated carbocycles. The van der Waals surface area contributed by atoms with E-state index in [1.54, 1.807) is 48.7 Å². The maximum absolute atomic E-state index is 13.1. The molecule has 0 bridgehead atoms. The summed E-state index contributed by atoms with van der Waals surface area (Å²) >= 11 is 6.02. The third-order valence-corrected chi connectivity index (χ3v) is 5.84. The zero-order chi connectivity index (χ0) is 22.8. The summed E-state index contributed by atoms with van der Waals surface area (Å²) < 4.78 is 5.80. The van der Waals surface area contributed by atoms with Gasteiger partial charge >= 0.3 is 0 Å². The van der Waals surface area contributed by atoms with E-state index in [9.17, 15) is 9.59 Å². The highest BCUT2D eigenvalue weighted by Crippen LogP contribution is 2.33. The van der Waals surface area contributed by atoms with Crippen LogP contribution in [0.2, 0.25) is 5.02 Å². The van der Waals surface area contributed by atoms with Gasteiger partial charge in [0.05, 0.1) is 5.69 Å². The van der Waals surface area contributed by atoms with Gasteiger partial charge in [0.25, 0.3) is 11.8 Å². The molecule has 2 aromatic carbocycles. The Labute approximate surface area is 196 Å². The number of pyridine rings is 1. The van der Waals surface area contributed by atoms with Crippen LogP contribution in [0.15, 0.2) is 72.6 Å². The Morgan fingerprint density at radius 1 is 1.03 bits per heavy atom. The minimum atomic E-state index is -0.379. The molecule has 2 amide bonds. The lowest BCUT2D eigenvalue weighted by molar-refractivity contribution is -0.115. The molecule has 7 nitrogen and oxygen atoms in total. The van der Waals surface area contributed by atoms with Crippen LogP contribution < -0.4 is 15.0 Å². The second-order valence-electron chi connectivity index (χ2n) is 7.80. The summed E-state index contributed by atoms with van der Waals surface area (Å²) in [5.74, 6) is 1.11. The predicted octanol–water partition coefficient (Wildman–Crippen LogP) is 4.07. The first-order valence-electron chi connectivity index (χ1n) is 10.6. The molecule has 166 valence electrons. The van der Waals surface area contributed by atoms with Crippen molar-refractivity contribution in [2.75, 3.05) is 36.4 Å². The van der Waals surface area contributed by atoms with Crippen molar-refractivity contribution in [3.63, 3.8) is 0 Å². The van der Waals surface area contributed by atoms with E-state index >= 15 is 0 Å². The van der Waals surface area contributed by atoms with Gasteiger partial charge < -0.3 is 19.9 Å². The number of carbonyl (C=O) groups excluding carboxylic acids is 2. The molecule has 3 aromatic rings. The molecule has 0 aliphatic carbocycles. The number of nitrogens with one attached hydrogen (secondary N) is 1. The lowest BCUT2D eigenvalue weighted by Crippen LogP contribution is -2.49. The Morgan fingerprint density at radius 2 is 1.88 bits per heavy atom. The van der Waals surface area contributed by atoms with E-state index < -0.39 is 0 Å². The number of hydrogen-bond acceptors (Lipinski definition) is 5. The maximum Gasteiger partial charge on any atom is 0.291 e. The van der Waals surface area contributed by atoms with E-state index in [1.807, 2.05) is 29.2 Å². The van der Waals surface area contributed by atoms with Gasteiger partial charge in [-0.25, -0.2) is 4.98 Å². The minimum Gasteiger partial charge on any atom is -0.449 e. The van der Waals surface area contributed by atoms with Crippen LogP contribution in [0.4, 0.5) is 11.5 Å². The van der Waals surface area contributed by atoms with Crippen molar-refractivity contribution in [3.05, 3.63) is 88.8 Å². The molecule has 2 aliphatic heterocycles. The second kappa shape index (κ2) is 8.96. The fourth-order valence-corrected chi connectivity index (χ4v) is 4.10. The fraction of sp³-hybridized carbons (Fsp3) is 0.160. The molecule has 1 aromatic heterocycles. The number of carbonyl (C=O) groups is 2. The average Bonchev–Trinajstić information content (AvgIpc) is 2.84. The zero-order valence-corrected chi connectivity index (χ0v) is 18.5. The number of nitrogens with zero attached hydrogens (tertiary/aromatic N) is 3. The maximum atomic E-state index is 13.1. The van der Waals surface area contributed by atoms with Crippen LogP contribution in [0.3, 0.4) is 0 Å². The first-order chi connectivity index (χ1) is 16.1. The largest absolute Gasteiger partial charge is 0.449 e. The van der Waals surface area contributed by atoms with Gasteiger partial charge in [-0.3, -0.25) is 9.59 Å². The number of anilines is 2. The number of fused-ring (bicyclic) bond motifs is 1. The molecule has 1 N–H and O–H groups in total. The molecule has 2 aliphatic rings. The minimum absolute atomic E-state index is 0.0759. The molecule has 8 heteroatoms. The van der Waals surface area contributed by atoms with E-state index in [0.29, 0.717) is 48.2 Å². The van der Waals surface area contributed by atoms with Crippen molar-refractivity contribution in [1.82, 2.24) is 9.88 Å². The summed E-state index contributed by atoms with van der Waals surface area (Å²) in [7, 11) is 0. The Balaban J connectivity index is 1.28. The Hall–Kier alpha value is -3.84. The average molecular weight is 461 g/mol. The number of piperazine rings is 1. The Kier molecular flexibility index (Phi) is 5.71. The monoisotopic (exact) mass is 460 g/mol. The number of aromatic nitrogens is 1. The van der Waals surface area contributed by atoms with Gasteiger partial charge in [-0.15, -0.1) is 0 Å². The molecule has 0 spiro atoms. The molecule has 5 rings (SSSR count). The van der Waals surface area contributed by atoms with E-state index in [-0.39, 0.29) is 17.6 Å². The highest BCUT2D eigenvalue weighted by atomic mass is 35.5. The van der Waals surface area contributed by atoms with Gasteiger partial charge in [0, 0.05) is 43.0 Å². The number of halogens is 1. The molecule has 3 heterocycles. The standard InChI is InChI=1S/C25H21ClN4O3/c26-19-5-3-4-17(14-19)15-22-24(31)28-20-16-18(7-8-21(20)33-22)25(32)30-12-10-29(11-13-30)23-6-1-2-9-27-23/h1-9,14-16H,10-13H2,(H,28,31)/b22-15-. The normalized spacial score (nSPS) is 16.8. The van der Waals surface area contributed by atoms with Gasteiger partial charge in [-0.2, -0.15) is 0 Å². The summed E-state index contributed by atoms with van der Waals surface area (Å²) in [6.07, 6.45) is 3.40. The smallest absolute Gasteiger partial charge is 0.291 e. The number of rotatable bonds is 3. The molecule has 1 fully saturated rings. The number of benzene rings is 2. The van der Waals surface area contributed by atoms with Crippen molar-refractivity contribution in [2.24, 2.45) is 0 Å². The molecule has 1 saturated heterocycles. The summed E-state index contributed by atoms with van der Waals surface area (Å²) in [6, 6.07) is 18.1. The van der Waals surface area contributed by atoms with E-state index in [2.05, 4.69) is 15.2 Å². The lowest BCUT2D eigenvalue weighted by Gasteiger charge is -2.35. The summed E-state index contributed by atoms with van der Waals surface area (Å²) in [5, 5.41) is 3.39. The van der Waals surface area contributed by atoms with Crippen LogP contribution in [-0.2, 0) is 4.79 Å². The van der Waals surface area contributed by atoms with Gasteiger partial charge in [0.2, 0.25) is 0 Å². The molecule has 0 radical (unpaired) electrons. The third kappa shape index (κ3) is 4.54. The first-order valence-corrected chi connectivity index (χ1v) is 11.0. The molecule has 33 heavy (non-hydrogen) atoms. The molecular weight excluding hydrogens is 440 g/mol. The Bertz CT molecular complexity index is 1240. The fourth-order valence-electron chi connectivity index (χ4n) is 3.90. The van der Waals surface area contributed by atoms with Crippen LogP contribution in [0.25, 0.3) is 6.08 Å². The van der Waals surface area contributed by atoms with E-state index in [0.717, 1.165) is 11.4 Å². The van der Waals surface area contributed by atoms with Crippen molar-refractivity contribution in [3.8, 4) is 5.75 Å². The predicted molar refractivity (Wildman–Crippen MR) is 127 cm³/mol. The zero-order valence-electron chi connectivity index (χ0n) is 17.7. The topological polar surface area (TPSA) is 74.8 Å². The van der Waals surface area contributed by atoms with Crippen LogP contribution >= 0.6 is 11.6 Å². The van der Waals surface area contributed by atoms with Crippen molar-refractivity contribution in [2.45, 2.75) is 0 Å². The van der Waals surface area contributed by atoms with Crippen LogP contribution in [-0.4, -0.2) is 47.9 Å². The number of amides is 2. The van der Waals surface area contributed by atoms with Crippen LogP contribution in [0.5, 0.6) is 5.75 Å². The summed E-state index contributed by atoms with van der Waals surface area (Å²) in [4.78, 5) is 34.0. The number of ether oxygens (including phenoxy) is 1. The summed E-state index contributed by atoms with van der Waals surface area (Å²) in [6.45, 7) is 2.63. The third-order valence-electron chi connectivity index (χ3n) is 5.61. The van der Waals surface area contributed by atoms with Crippen LogP contribution in [0, 0.1) is 0 Å².